The predicted molar refractivity (Wildman–Crippen MR) is 42.0 cm³/mol. The quantitative estimate of drug-likeness (QED) is 0.748. The first-order chi connectivity index (χ1) is 5.38. The van der Waals surface area contributed by atoms with E-state index >= 15 is 0 Å². The molecule has 0 aliphatic carbocycles. The molecule has 6 heteroatoms. The minimum absolute atomic E-state index is 0.00343. The van der Waals surface area contributed by atoms with Crippen LogP contribution in [0, 0.1) is 0 Å². The fraction of sp³-hybridized carbons (Fsp3) is 0.833. The second kappa shape index (κ2) is 4.59. The van der Waals surface area contributed by atoms with Gasteiger partial charge in [-0.15, -0.1) is 0 Å². The van der Waals surface area contributed by atoms with Crippen LogP contribution >= 0.6 is 11.8 Å². The molecule has 0 heterocycles. The molecule has 0 aliphatic heterocycles. The van der Waals surface area contributed by atoms with Crippen molar-refractivity contribution in [1.82, 2.24) is 5.32 Å². The Balaban J connectivity index is 3.73. The number of rotatable bonds is 3. The summed E-state index contributed by atoms with van der Waals surface area (Å²) in [6, 6.07) is 0. The molecule has 0 aromatic heterocycles. The maximum Gasteiger partial charge on any atom is 0.471 e. The van der Waals surface area contributed by atoms with Gasteiger partial charge >= 0.3 is 12.1 Å². The van der Waals surface area contributed by atoms with E-state index in [1.165, 1.54) is 11.8 Å². The monoisotopic (exact) mass is 201 g/mol. The topological polar surface area (TPSA) is 29.1 Å². The fourth-order valence-corrected chi connectivity index (χ4v) is 0.670. The molecule has 0 aliphatic rings. The molecule has 0 rings (SSSR count). The number of amides is 1. The lowest BCUT2D eigenvalue weighted by atomic mass is 10.4. The van der Waals surface area contributed by atoms with Gasteiger partial charge in [-0.25, -0.2) is 0 Å². The Morgan fingerprint density at radius 2 is 2.08 bits per heavy atom. The van der Waals surface area contributed by atoms with Gasteiger partial charge in [-0.05, 0) is 6.26 Å². The summed E-state index contributed by atoms with van der Waals surface area (Å²) >= 11 is 1.40. The first kappa shape index (κ1) is 11.6. The SMILES string of the molecule is CSC(C)CNC(=O)C(F)(F)F. The maximum absolute atomic E-state index is 11.6. The van der Waals surface area contributed by atoms with Crippen LogP contribution in [0.3, 0.4) is 0 Å². The highest BCUT2D eigenvalue weighted by Crippen LogP contribution is 2.14. The van der Waals surface area contributed by atoms with Crippen LogP contribution in [0.4, 0.5) is 13.2 Å². The molecule has 0 bridgehead atoms. The highest BCUT2D eigenvalue weighted by Gasteiger charge is 2.38. The van der Waals surface area contributed by atoms with Crippen LogP contribution in [0.15, 0.2) is 0 Å². The van der Waals surface area contributed by atoms with Gasteiger partial charge in [0.15, 0.2) is 0 Å². The average Bonchev–Trinajstić information content (AvgIpc) is 1.97. The molecule has 1 atom stereocenters. The second-order valence-electron chi connectivity index (χ2n) is 2.25. The lowest BCUT2D eigenvalue weighted by molar-refractivity contribution is -0.173. The Morgan fingerprint density at radius 1 is 1.58 bits per heavy atom. The Morgan fingerprint density at radius 3 is 2.42 bits per heavy atom. The zero-order valence-corrected chi connectivity index (χ0v) is 7.55. The zero-order valence-electron chi connectivity index (χ0n) is 6.73. The molecule has 0 spiro atoms. The van der Waals surface area contributed by atoms with Crippen LogP contribution < -0.4 is 5.32 Å². The Bertz CT molecular complexity index is 159. The molecule has 0 aromatic carbocycles. The van der Waals surface area contributed by atoms with Crippen molar-refractivity contribution in [2.24, 2.45) is 0 Å². The third-order valence-electron chi connectivity index (χ3n) is 1.21. The van der Waals surface area contributed by atoms with Crippen LogP contribution in [0.1, 0.15) is 6.92 Å². The maximum atomic E-state index is 11.6. The third-order valence-corrected chi connectivity index (χ3v) is 2.18. The summed E-state index contributed by atoms with van der Waals surface area (Å²) in [7, 11) is 0. The molecule has 1 N–H and O–H groups in total. The minimum atomic E-state index is -4.77. The van der Waals surface area contributed by atoms with E-state index in [0.29, 0.717) is 0 Å². The number of carbonyl (C=O) groups excluding carboxylic acids is 1. The lowest BCUT2D eigenvalue weighted by Crippen LogP contribution is -2.39. The van der Waals surface area contributed by atoms with Crippen molar-refractivity contribution in [3.63, 3.8) is 0 Å². The summed E-state index contributed by atoms with van der Waals surface area (Å²) in [6.45, 7) is 1.78. The van der Waals surface area contributed by atoms with Gasteiger partial charge in [0.1, 0.15) is 0 Å². The Labute approximate surface area is 72.9 Å². The number of thioether (sulfide) groups is 1. The van der Waals surface area contributed by atoms with Crippen molar-refractivity contribution in [3.8, 4) is 0 Å². The average molecular weight is 201 g/mol. The molecule has 2 nitrogen and oxygen atoms in total. The summed E-state index contributed by atoms with van der Waals surface area (Å²) in [5, 5.41) is 1.79. The normalized spacial score (nSPS) is 14.1. The Kier molecular flexibility index (Phi) is 4.44. The van der Waals surface area contributed by atoms with Crippen molar-refractivity contribution in [2.45, 2.75) is 18.3 Å². The molecule has 0 fully saturated rings. The smallest absolute Gasteiger partial charge is 0.347 e. The molecule has 1 amide bonds. The molecular formula is C6H10F3NOS. The Hall–Kier alpha value is -0.390. The standard InChI is InChI=1S/C6H10F3NOS/c1-4(12-2)3-10-5(11)6(7,8)9/h4H,3H2,1-2H3,(H,10,11). The molecular weight excluding hydrogens is 191 g/mol. The van der Waals surface area contributed by atoms with Gasteiger partial charge in [-0.2, -0.15) is 24.9 Å². The van der Waals surface area contributed by atoms with E-state index in [2.05, 4.69) is 0 Å². The fourth-order valence-electron chi connectivity index (χ4n) is 0.420. The van der Waals surface area contributed by atoms with Gasteiger partial charge in [-0.1, -0.05) is 6.92 Å². The van der Waals surface area contributed by atoms with E-state index in [-0.39, 0.29) is 11.8 Å². The van der Waals surface area contributed by atoms with Crippen LogP contribution in [-0.4, -0.2) is 30.1 Å². The van der Waals surface area contributed by atoms with Gasteiger partial charge < -0.3 is 5.32 Å². The minimum Gasteiger partial charge on any atom is -0.347 e. The summed E-state index contributed by atoms with van der Waals surface area (Å²) in [6.07, 6.45) is -3.00. The van der Waals surface area contributed by atoms with E-state index < -0.39 is 12.1 Å². The number of hydrogen-bond donors (Lipinski definition) is 1. The van der Waals surface area contributed by atoms with Crippen molar-refractivity contribution < 1.29 is 18.0 Å². The molecule has 1 unspecified atom stereocenters. The lowest BCUT2D eigenvalue weighted by Gasteiger charge is -2.10. The third kappa shape index (κ3) is 4.48. The van der Waals surface area contributed by atoms with E-state index in [1.807, 2.05) is 0 Å². The number of alkyl halides is 3. The van der Waals surface area contributed by atoms with E-state index in [4.69, 9.17) is 0 Å². The summed E-state index contributed by atoms with van der Waals surface area (Å²) in [4.78, 5) is 10.2. The first-order valence-corrected chi connectivity index (χ1v) is 4.54. The van der Waals surface area contributed by atoms with Crippen molar-refractivity contribution in [2.75, 3.05) is 12.8 Å². The van der Waals surface area contributed by atoms with Crippen LogP contribution in [0.2, 0.25) is 0 Å². The summed E-state index contributed by atoms with van der Waals surface area (Å²) in [5.41, 5.74) is 0. The second-order valence-corrected chi connectivity index (χ2v) is 3.53. The largest absolute Gasteiger partial charge is 0.471 e. The molecule has 12 heavy (non-hydrogen) atoms. The van der Waals surface area contributed by atoms with Gasteiger partial charge in [0.25, 0.3) is 0 Å². The molecule has 0 radical (unpaired) electrons. The van der Waals surface area contributed by atoms with E-state index in [9.17, 15) is 18.0 Å². The molecule has 0 saturated carbocycles. The van der Waals surface area contributed by atoms with Crippen LogP contribution in [0.5, 0.6) is 0 Å². The molecule has 0 aromatic rings. The first-order valence-electron chi connectivity index (χ1n) is 3.25. The zero-order chi connectivity index (χ0) is 9.78. The van der Waals surface area contributed by atoms with Crippen molar-refractivity contribution in [3.05, 3.63) is 0 Å². The van der Waals surface area contributed by atoms with Gasteiger partial charge in [0, 0.05) is 11.8 Å². The number of carbonyl (C=O) groups is 1. The number of hydrogen-bond acceptors (Lipinski definition) is 2. The van der Waals surface area contributed by atoms with E-state index in [0.717, 1.165) is 0 Å². The van der Waals surface area contributed by atoms with Crippen LogP contribution in [0.25, 0.3) is 0 Å². The summed E-state index contributed by atoms with van der Waals surface area (Å²) in [5.74, 6) is -1.87. The van der Waals surface area contributed by atoms with Crippen molar-refractivity contribution in [1.29, 1.82) is 0 Å². The highest BCUT2D eigenvalue weighted by atomic mass is 32.2. The van der Waals surface area contributed by atoms with E-state index in [1.54, 1.807) is 18.5 Å². The number of nitrogens with one attached hydrogen (secondary N) is 1. The molecule has 72 valence electrons. The van der Waals surface area contributed by atoms with Gasteiger partial charge in [0.05, 0.1) is 0 Å². The van der Waals surface area contributed by atoms with Crippen molar-refractivity contribution >= 4 is 17.7 Å². The van der Waals surface area contributed by atoms with Crippen LogP contribution in [-0.2, 0) is 4.79 Å². The molecule has 0 saturated heterocycles. The number of halogens is 3. The highest BCUT2D eigenvalue weighted by molar-refractivity contribution is 7.99. The summed E-state index contributed by atoms with van der Waals surface area (Å²) < 4.78 is 34.8. The van der Waals surface area contributed by atoms with Gasteiger partial charge in [-0.3, -0.25) is 4.79 Å². The van der Waals surface area contributed by atoms with Gasteiger partial charge in [0.2, 0.25) is 0 Å². The predicted octanol–water partition coefficient (Wildman–Crippen LogP) is 1.42.